The lowest BCUT2D eigenvalue weighted by molar-refractivity contribution is 0.112. The Morgan fingerprint density at radius 1 is 1.19 bits per heavy atom. The van der Waals surface area contributed by atoms with Crippen molar-refractivity contribution < 1.29 is 14.3 Å². The monoisotopic (exact) mass is 240 g/mol. The maximum absolute atomic E-state index is 10.9. The number of aldehydes is 1. The number of rotatable bonds is 5. The van der Waals surface area contributed by atoms with E-state index in [0.717, 1.165) is 11.8 Å². The number of carbonyl (C=O) groups excluding carboxylic acids is 1. The normalized spacial score (nSPS) is 10.4. The van der Waals surface area contributed by atoms with Gasteiger partial charge in [0.1, 0.15) is 0 Å². The van der Waals surface area contributed by atoms with Gasteiger partial charge in [-0.2, -0.15) is 0 Å². The standard InChI is InChI=1S/C12H13ClO3/c1-15-11-6-9(4-3-5-13)10(8-14)7-12(11)16-2/h3-4,6-8H,5H2,1-2H3. The van der Waals surface area contributed by atoms with Gasteiger partial charge < -0.3 is 9.47 Å². The van der Waals surface area contributed by atoms with Gasteiger partial charge in [-0.25, -0.2) is 0 Å². The number of hydrogen-bond donors (Lipinski definition) is 0. The minimum atomic E-state index is 0.395. The van der Waals surface area contributed by atoms with E-state index in [0.29, 0.717) is 22.9 Å². The Hall–Kier alpha value is -1.48. The van der Waals surface area contributed by atoms with Crippen LogP contribution in [0.4, 0.5) is 0 Å². The quantitative estimate of drug-likeness (QED) is 0.587. The van der Waals surface area contributed by atoms with Crippen molar-refractivity contribution in [3.05, 3.63) is 29.3 Å². The third kappa shape index (κ3) is 2.76. The number of ether oxygens (including phenoxy) is 2. The molecule has 1 aromatic rings. The van der Waals surface area contributed by atoms with Crippen LogP contribution < -0.4 is 9.47 Å². The summed E-state index contributed by atoms with van der Waals surface area (Å²) < 4.78 is 10.3. The van der Waals surface area contributed by atoms with Crippen LogP contribution in [0.25, 0.3) is 6.08 Å². The molecule has 0 aliphatic carbocycles. The molecule has 0 fully saturated rings. The fourth-order valence-electron chi connectivity index (χ4n) is 1.33. The Morgan fingerprint density at radius 2 is 1.75 bits per heavy atom. The molecule has 1 aromatic carbocycles. The van der Waals surface area contributed by atoms with Crippen LogP contribution in [0.15, 0.2) is 18.2 Å². The number of allylic oxidation sites excluding steroid dienone is 1. The van der Waals surface area contributed by atoms with Crippen LogP contribution >= 0.6 is 11.6 Å². The highest BCUT2D eigenvalue weighted by Crippen LogP contribution is 2.30. The van der Waals surface area contributed by atoms with E-state index in [1.807, 2.05) is 0 Å². The molecule has 0 spiro atoms. The largest absolute Gasteiger partial charge is 0.493 e. The van der Waals surface area contributed by atoms with Gasteiger partial charge in [-0.1, -0.05) is 12.2 Å². The number of methoxy groups -OCH3 is 2. The van der Waals surface area contributed by atoms with Gasteiger partial charge in [0, 0.05) is 11.4 Å². The highest BCUT2D eigenvalue weighted by atomic mass is 35.5. The Labute approximate surface area is 99.6 Å². The Morgan fingerprint density at radius 3 is 2.19 bits per heavy atom. The highest BCUT2D eigenvalue weighted by molar-refractivity contribution is 6.19. The van der Waals surface area contributed by atoms with E-state index in [1.54, 1.807) is 31.4 Å². The molecule has 0 radical (unpaired) electrons. The average Bonchev–Trinajstić information content (AvgIpc) is 2.35. The number of carbonyl (C=O) groups is 1. The molecule has 16 heavy (non-hydrogen) atoms. The van der Waals surface area contributed by atoms with Crippen molar-refractivity contribution in [3.63, 3.8) is 0 Å². The first-order chi connectivity index (χ1) is 7.76. The molecule has 0 aliphatic rings. The molecule has 0 amide bonds. The Kier molecular flexibility index (Phi) is 4.86. The molecule has 0 aromatic heterocycles. The predicted octanol–water partition coefficient (Wildman–Crippen LogP) is 2.77. The minimum Gasteiger partial charge on any atom is -0.493 e. The smallest absolute Gasteiger partial charge is 0.161 e. The second-order valence-corrected chi connectivity index (χ2v) is 3.32. The van der Waals surface area contributed by atoms with Crippen molar-refractivity contribution in [3.8, 4) is 11.5 Å². The SMILES string of the molecule is COc1cc(C=O)c(C=CCCl)cc1OC. The van der Waals surface area contributed by atoms with Crippen LogP contribution in [0.2, 0.25) is 0 Å². The molecule has 0 saturated carbocycles. The van der Waals surface area contributed by atoms with Crippen molar-refractivity contribution in [1.82, 2.24) is 0 Å². The summed E-state index contributed by atoms with van der Waals surface area (Å²) in [7, 11) is 3.08. The van der Waals surface area contributed by atoms with Gasteiger partial charge in [0.15, 0.2) is 17.8 Å². The first kappa shape index (κ1) is 12.6. The zero-order valence-electron chi connectivity index (χ0n) is 9.20. The van der Waals surface area contributed by atoms with Crippen molar-refractivity contribution >= 4 is 24.0 Å². The van der Waals surface area contributed by atoms with Gasteiger partial charge >= 0.3 is 0 Å². The lowest BCUT2D eigenvalue weighted by Gasteiger charge is -2.09. The van der Waals surface area contributed by atoms with Crippen LogP contribution in [0.1, 0.15) is 15.9 Å². The summed E-state index contributed by atoms with van der Waals surface area (Å²) in [5, 5.41) is 0. The molecule has 0 heterocycles. The number of halogens is 1. The highest BCUT2D eigenvalue weighted by Gasteiger charge is 2.08. The van der Waals surface area contributed by atoms with Crippen molar-refractivity contribution in [2.24, 2.45) is 0 Å². The maximum atomic E-state index is 10.9. The van der Waals surface area contributed by atoms with Crippen molar-refractivity contribution in [2.45, 2.75) is 0 Å². The second-order valence-electron chi connectivity index (χ2n) is 3.01. The summed E-state index contributed by atoms with van der Waals surface area (Å²) in [6, 6.07) is 3.38. The third-order valence-electron chi connectivity index (χ3n) is 2.10. The zero-order chi connectivity index (χ0) is 12.0. The molecule has 4 heteroatoms. The second kappa shape index (κ2) is 6.18. The van der Waals surface area contributed by atoms with Crippen LogP contribution in [0.5, 0.6) is 11.5 Å². The topological polar surface area (TPSA) is 35.5 Å². The van der Waals surface area contributed by atoms with Crippen LogP contribution in [0, 0.1) is 0 Å². The van der Waals surface area contributed by atoms with Gasteiger partial charge in [-0.05, 0) is 17.7 Å². The van der Waals surface area contributed by atoms with Crippen LogP contribution in [-0.2, 0) is 0 Å². The summed E-state index contributed by atoms with van der Waals surface area (Å²) in [4.78, 5) is 10.9. The fraction of sp³-hybridized carbons (Fsp3) is 0.250. The maximum Gasteiger partial charge on any atom is 0.161 e. The molecule has 0 N–H and O–H groups in total. The van der Waals surface area contributed by atoms with Gasteiger partial charge in [-0.15, -0.1) is 11.6 Å². The summed E-state index contributed by atoms with van der Waals surface area (Å²) >= 11 is 5.55. The number of benzene rings is 1. The van der Waals surface area contributed by atoms with Gasteiger partial charge in [-0.3, -0.25) is 4.79 Å². The molecular formula is C12H13ClO3. The van der Waals surface area contributed by atoms with Gasteiger partial charge in [0.2, 0.25) is 0 Å². The van der Waals surface area contributed by atoms with E-state index in [2.05, 4.69) is 0 Å². The van der Waals surface area contributed by atoms with Gasteiger partial charge in [0.25, 0.3) is 0 Å². The summed E-state index contributed by atoms with van der Waals surface area (Å²) in [6.45, 7) is 0. The van der Waals surface area contributed by atoms with Crippen LogP contribution in [0.3, 0.4) is 0 Å². The van der Waals surface area contributed by atoms with Crippen molar-refractivity contribution in [2.75, 3.05) is 20.1 Å². The van der Waals surface area contributed by atoms with Gasteiger partial charge in [0.05, 0.1) is 14.2 Å². The first-order valence-electron chi connectivity index (χ1n) is 4.70. The lowest BCUT2D eigenvalue weighted by Crippen LogP contribution is -1.95. The van der Waals surface area contributed by atoms with E-state index in [9.17, 15) is 4.79 Å². The molecule has 0 unspecified atom stereocenters. The predicted molar refractivity (Wildman–Crippen MR) is 64.7 cm³/mol. The van der Waals surface area contributed by atoms with E-state index >= 15 is 0 Å². The minimum absolute atomic E-state index is 0.395. The average molecular weight is 241 g/mol. The molecule has 0 aliphatic heterocycles. The summed E-state index contributed by atoms with van der Waals surface area (Å²) in [5.41, 5.74) is 1.30. The molecule has 86 valence electrons. The zero-order valence-corrected chi connectivity index (χ0v) is 9.95. The molecular weight excluding hydrogens is 228 g/mol. The lowest BCUT2D eigenvalue weighted by atomic mass is 10.1. The summed E-state index contributed by atoms with van der Waals surface area (Å²) in [6.07, 6.45) is 4.31. The first-order valence-corrected chi connectivity index (χ1v) is 5.24. The third-order valence-corrected chi connectivity index (χ3v) is 2.28. The molecule has 0 saturated heterocycles. The van der Waals surface area contributed by atoms with E-state index < -0.39 is 0 Å². The van der Waals surface area contributed by atoms with E-state index in [-0.39, 0.29) is 0 Å². The molecule has 1 rings (SSSR count). The summed E-state index contributed by atoms with van der Waals surface area (Å²) in [5.74, 6) is 1.52. The van der Waals surface area contributed by atoms with Crippen LogP contribution in [-0.4, -0.2) is 26.4 Å². The Bertz CT molecular complexity index is 399. The van der Waals surface area contributed by atoms with Crippen molar-refractivity contribution in [1.29, 1.82) is 0 Å². The fourth-order valence-corrected chi connectivity index (χ4v) is 1.42. The number of hydrogen-bond acceptors (Lipinski definition) is 3. The molecule has 0 atom stereocenters. The molecule has 3 nitrogen and oxygen atoms in total. The van der Waals surface area contributed by atoms with E-state index in [1.165, 1.54) is 7.11 Å². The number of alkyl halides is 1. The van der Waals surface area contributed by atoms with E-state index in [4.69, 9.17) is 21.1 Å². The molecule has 0 bridgehead atoms. The Balaban J connectivity index is 3.25.